The lowest BCUT2D eigenvalue weighted by Gasteiger charge is -2.34. The van der Waals surface area contributed by atoms with Crippen LogP contribution < -0.4 is 5.32 Å². The van der Waals surface area contributed by atoms with Crippen molar-refractivity contribution in [3.63, 3.8) is 0 Å². The second kappa shape index (κ2) is 8.29. The molecule has 0 aliphatic heterocycles. The summed E-state index contributed by atoms with van der Waals surface area (Å²) in [6.45, 7) is 7.03. The number of hydrogen-bond donors (Lipinski definition) is 1. The van der Waals surface area contributed by atoms with Crippen molar-refractivity contribution in [2.24, 2.45) is 5.92 Å². The third-order valence-corrected chi connectivity index (χ3v) is 4.66. The van der Waals surface area contributed by atoms with Crippen LogP contribution in [-0.2, 0) is 19.1 Å². The van der Waals surface area contributed by atoms with Gasteiger partial charge < -0.3 is 10.1 Å². The van der Waals surface area contributed by atoms with E-state index in [4.69, 9.17) is 11.6 Å². The molecule has 0 saturated heterocycles. The average Bonchev–Trinajstić information content (AvgIpc) is 2.54. The van der Waals surface area contributed by atoms with E-state index in [2.05, 4.69) is 10.1 Å². The number of hydrogen-bond acceptors (Lipinski definition) is 4. The van der Waals surface area contributed by atoms with Crippen LogP contribution in [0, 0.1) is 5.92 Å². The van der Waals surface area contributed by atoms with Gasteiger partial charge in [-0.2, -0.15) is 0 Å². The normalized spacial score (nSPS) is 14.6. The van der Waals surface area contributed by atoms with Crippen molar-refractivity contribution in [1.29, 1.82) is 0 Å². The van der Waals surface area contributed by atoms with E-state index in [1.165, 1.54) is 7.11 Å². The summed E-state index contributed by atoms with van der Waals surface area (Å²) in [5.74, 6) is -1.91. The highest BCUT2D eigenvalue weighted by molar-refractivity contribution is 6.30. The summed E-state index contributed by atoms with van der Waals surface area (Å²) in [5.41, 5.74) is -0.352. The van der Waals surface area contributed by atoms with Crippen LogP contribution in [0.4, 0.5) is 0 Å². The van der Waals surface area contributed by atoms with E-state index in [9.17, 15) is 14.4 Å². The van der Waals surface area contributed by atoms with Gasteiger partial charge in [0.1, 0.15) is 6.42 Å². The predicted octanol–water partition coefficient (Wildman–Crippen LogP) is 3.11. The van der Waals surface area contributed by atoms with Crippen LogP contribution in [0.25, 0.3) is 0 Å². The monoisotopic (exact) mass is 353 g/mol. The minimum atomic E-state index is -1.15. The Bertz CT molecular complexity index is 612. The Morgan fingerprint density at radius 2 is 1.71 bits per heavy atom. The molecule has 5 nitrogen and oxygen atoms in total. The van der Waals surface area contributed by atoms with Gasteiger partial charge >= 0.3 is 5.97 Å². The molecule has 1 N–H and O–H groups in total. The number of esters is 1. The number of carbonyl (C=O) groups excluding carboxylic acids is 3. The minimum absolute atomic E-state index is 0.184. The molecule has 24 heavy (non-hydrogen) atoms. The Morgan fingerprint density at radius 1 is 1.17 bits per heavy atom. The lowest BCUT2D eigenvalue weighted by atomic mass is 9.82. The topological polar surface area (TPSA) is 72.5 Å². The number of amides is 1. The van der Waals surface area contributed by atoms with Gasteiger partial charge in [0, 0.05) is 5.02 Å². The van der Waals surface area contributed by atoms with Crippen LogP contribution >= 0.6 is 11.6 Å². The number of halogens is 1. The van der Waals surface area contributed by atoms with Crippen LogP contribution in [-0.4, -0.2) is 30.3 Å². The van der Waals surface area contributed by atoms with E-state index < -0.39 is 17.4 Å². The molecule has 0 heterocycles. The van der Waals surface area contributed by atoms with Gasteiger partial charge in [-0.3, -0.25) is 14.4 Å². The Hall–Kier alpha value is -1.88. The van der Waals surface area contributed by atoms with E-state index >= 15 is 0 Å². The molecule has 0 aliphatic rings. The molecule has 6 heteroatoms. The van der Waals surface area contributed by atoms with Gasteiger partial charge in [-0.15, -0.1) is 0 Å². The molecule has 0 spiro atoms. The molecule has 0 fully saturated rings. The third-order valence-electron chi connectivity index (χ3n) is 4.41. The molecule has 2 unspecified atom stereocenters. The average molecular weight is 354 g/mol. The molecule has 2 atom stereocenters. The van der Waals surface area contributed by atoms with Crippen LogP contribution in [0.5, 0.6) is 0 Å². The lowest BCUT2D eigenvalue weighted by molar-refractivity contribution is -0.146. The maximum absolute atomic E-state index is 12.6. The summed E-state index contributed by atoms with van der Waals surface area (Å²) in [5, 5.41) is 3.40. The van der Waals surface area contributed by atoms with E-state index in [0.717, 1.165) is 5.56 Å². The Morgan fingerprint density at radius 3 is 2.17 bits per heavy atom. The van der Waals surface area contributed by atoms with Crippen LogP contribution in [0.15, 0.2) is 24.3 Å². The smallest absolute Gasteiger partial charge is 0.313 e. The molecule has 0 aromatic heterocycles. The molecule has 132 valence electrons. The molecule has 1 aromatic carbocycles. The van der Waals surface area contributed by atoms with Crippen molar-refractivity contribution in [2.45, 2.75) is 45.6 Å². The van der Waals surface area contributed by atoms with Crippen molar-refractivity contribution in [2.75, 3.05) is 7.11 Å². The van der Waals surface area contributed by atoms with E-state index in [1.807, 2.05) is 13.8 Å². The molecular formula is C18H24ClNO4. The van der Waals surface area contributed by atoms with Crippen molar-refractivity contribution in [3.05, 3.63) is 34.9 Å². The standard InChI is InChI=1S/C18H24ClNO4/c1-11(2)18(4,15(21)10-16(22)24-5)20-17(23)12(3)13-6-8-14(19)9-7-13/h6-9,11-12H,10H2,1-5H3,(H,20,23). The fraction of sp³-hybridized carbons (Fsp3) is 0.500. The fourth-order valence-electron chi connectivity index (χ4n) is 2.19. The van der Waals surface area contributed by atoms with E-state index in [1.54, 1.807) is 38.1 Å². The third kappa shape index (κ3) is 4.81. The highest BCUT2D eigenvalue weighted by Gasteiger charge is 2.39. The molecule has 0 aliphatic carbocycles. The molecule has 0 bridgehead atoms. The van der Waals surface area contributed by atoms with Gasteiger partial charge in [-0.1, -0.05) is 37.6 Å². The highest BCUT2D eigenvalue weighted by Crippen LogP contribution is 2.23. The van der Waals surface area contributed by atoms with E-state index in [0.29, 0.717) is 5.02 Å². The number of nitrogens with one attached hydrogen (secondary N) is 1. The van der Waals surface area contributed by atoms with E-state index in [-0.39, 0.29) is 24.0 Å². The number of carbonyl (C=O) groups is 3. The zero-order valence-electron chi connectivity index (χ0n) is 14.7. The first kappa shape index (κ1) is 20.2. The fourth-order valence-corrected chi connectivity index (χ4v) is 2.32. The number of ether oxygens (including phenoxy) is 1. The number of ketones is 1. The molecular weight excluding hydrogens is 330 g/mol. The van der Waals surface area contributed by atoms with Gasteiger partial charge in [0.05, 0.1) is 18.6 Å². The first-order valence-electron chi connectivity index (χ1n) is 7.79. The number of rotatable bonds is 7. The van der Waals surface area contributed by atoms with Crippen molar-refractivity contribution in [3.8, 4) is 0 Å². The largest absolute Gasteiger partial charge is 0.469 e. The summed E-state index contributed by atoms with van der Waals surface area (Å²) in [6, 6.07) is 6.97. The predicted molar refractivity (Wildman–Crippen MR) is 92.9 cm³/mol. The van der Waals surface area contributed by atoms with Crippen LogP contribution in [0.3, 0.4) is 0 Å². The summed E-state index contributed by atoms with van der Waals surface area (Å²) >= 11 is 5.86. The van der Waals surface area contributed by atoms with Gasteiger partial charge in [0.25, 0.3) is 0 Å². The quantitative estimate of drug-likeness (QED) is 0.604. The van der Waals surface area contributed by atoms with Crippen LogP contribution in [0.2, 0.25) is 5.02 Å². The number of benzene rings is 1. The molecule has 0 radical (unpaired) electrons. The second-order valence-corrected chi connectivity index (χ2v) is 6.73. The van der Waals surface area contributed by atoms with Gasteiger partial charge in [0.2, 0.25) is 5.91 Å². The summed E-state index contributed by atoms with van der Waals surface area (Å²) in [4.78, 5) is 36.5. The van der Waals surface area contributed by atoms with Crippen LogP contribution in [0.1, 0.15) is 45.6 Å². The minimum Gasteiger partial charge on any atom is -0.469 e. The molecule has 1 rings (SSSR count). The molecule has 1 amide bonds. The summed E-state index contributed by atoms with van der Waals surface area (Å²) in [6.07, 6.45) is -0.374. The summed E-state index contributed by atoms with van der Waals surface area (Å²) < 4.78 is 4.54. The lowest BCUT2D eigenvalue weighted by Crippen LogP contribution is -2.57. The van der Waals surface area contributed by atoms with Crippen molar-refractivity contribution < 1.29 is 19.1 Å². The maximum atomic E-state index is 12.6. The first-order chi connectivity index (χ1) is 11.1. The number of Topliss-reactive ketones (excluding diaryl/α,β-unsaturated/α-hetero) is 1. The maximum Gasteiger partial charge on any atom is 0.313 e. The second-order valence-electron chi connectivity index (χ2n) is 6.30. The molecule has 0 saturated carbocycles. The van der Waals surface area contributed by atoms with Gasteiger partial charge in [-0.05, 0) is 37.5 Å². The van der Waals surface area contributed by atoms with Crippen molar-refractivity contribution in [1.82, 2.24) is 5.32 Å². The molecule has 1 aromatic rings. The Labute approximate surface area is 147 Å². The Kier molecular flexibility index (Phi) is 6.96. The van der Waals surface area contributed by atoms with Gasteiger partial charge in [-0.25, -0.2) is 0 Å². The SMILES string of the molecule is COC(=O)CC(=O)C(C)(NC(=O)C(C)c1ccc(Cl)cc1)C(C)C. The highest BCUT2D eigenvalue weighted by atomic mass is 35.5. The Balaban J connectivity index is 2.94. The summed E-state index contributed by atoms with van der Waals surface area (Å²) in [7, 11) is 1.23. The van der Waals surface area contributed by atoms with Gasteiger partial charge in [0.15, 0.2) is 5.78 Å². The zero-order valence-corrected chi connectivity index (χ0v) is 15.4. The first-order valence-corrected chi connectivity index (χ1v) is 8.17. The van der Waals surface area contributed by atoms with Crippen molar-refractivity contribution >= 4 is 29.3 Å². The zero-order chi connectivity index (χ0) is 18.5. The number of methoxy groups -OCH3 is 1.